The molecular formula is C10H7ClNO. The van der Waals surface area contributed by atoms with E-state index in [1.54, 1.807) is 6.26 Å². The summed E-state index contributed by atoms with van der Waals surface area (Å²) in [5, 5.41) is 4.23. The van der Waals surface area contributed by atoms with E-state index in [1.165, 1.54) is 0 Å². The fourth-order valence-corrected chi connectivity index (χ4v) is 1.50. The van der Waals surface area contributed by atoms with Crippen molar-refractivity contribution in [1.82, 2.24) is 5.16 Å². The minimum absolute atomic E-state index is 0.713. The molecule has 2 nitrogen and oxygen atoms in total. The maximum absolute atomic E-state index is 5.90. The molecule has 2 aromatic rings. The van der Waals surface area contributed by atoms with E-state index in [9.17, 15) is 0 Å². The Morgan fingerprint density at radius 1 is 1.38 bits per heavy atom. The lowest BCUT2D eigenvalue weighted by Crippen LogP contribution is -1.77. The number of rotatable bonds is 1. The first-order valence-corrected chi connectivity index (χ1v) is 4.23. The summed E-state index contributed by atoms with van der Waals surface area (Å²) in [7, 11) is 0. The van der Waals surface area contributed by atoms with Crippen LogP contribution in [0.2, 0.25) is 5.02 Å². The summed E-state index contributed by atoms with van der Waals surface area (Å²) in [4.78, 5) is 0. The van der Waals surface area contributed by atoms with E-state index in [2.05, 4.69) is 11.4 Å². The molecule has 1 radical (unpaired) electrons. The highest BCUT2D eigenvalue weighted by Crippen LogP contribution is 2.23. The van der Waals surface area contributed by atoms with Crippen molar-refractivity contribution < 1.29 is 4.52 Å². The molecular weight excluding hydrogens is 186 g/mol. The maximum atomic E-state index is 5.90. The van der Waals surface area contributed by atoms with Crippen LogP contribution < -0.4 is 0 Å². The van der Waals surface area contributed by atoms with Crippen LogP contribution in [0, 0.1) is 13.1 Å². The van der Waals surface area contributed by atoms with E-state index in [4.69, 9.17) is 16.1 Å². The molecule has 0 saturated heterocycles. The number of benzene rings is 1. The van der Waals surface area contributed by atoms with E-state index in [1.807, 2.05) is 25.1 Å². The van der Waals surface area contributed by atoms with Gasteiger partial charge in [0.2, 0.25) is 0 Å². The van der Waals surface area contributed by atoms with Crippen molar-refractivity contribution in [3.8, 4) is 11.1 Å². The molecule has 1 aromatic carbocycles. The normalized spacial score (nSPS) is 10.3. The quantitative estimate of drug-likeness (QED) is 0.694. The van der Waals surface area contributed by atoms with Crippen LogP contribution in [-0.2, 0) is 0 Å². The zero-order valence-corrected chi connectivity index (χ0v) is 7.80. The largest absolute Gasteiger partial charge is 0.363 e. The molecule has 0 aliphatic heterocycles. The van der Waals surface area contributed by atoms with Crippen molar-refractivity contribution in [3.63, 3.8) is 0 Å². The van der Waals surface area contributed by atoms with Gasteiger partial charge in [0.15, 0.2) is 0 Å². The van der Waals surface area contributed by atoms with Crippen molar-refractivity contribution in [2.75, 3.05) is 0 Å². The third kappa shape index (κ3) is 1.73. The molecule has 0 aliphatic carbocycles. The van der Waals surface area contributed by atoms with E-state index >= 15 is 0 Å². The highest BCUT2D eigenvalue weighted by Gasteiger charge is 2.02. The molecule has 0 aliphatic rings. The molecule has 0 saturated carbocycles. The highest BCUT2D eigenvalue weighted by atomic mass is 35.5. The van der Waals surface area contributed by atoms with Gasteiger partial charge in [-0.2, -0.15) is 0 Å². The smallest absolute Gasteiger partial charge is 0.144 e. The van der Waals surface area contributed by atoms with Crippen LogP contribution in [0.5, 0.6) is 0 Å². The fourth-order valence-electron chi connectivity index (χ4n) is 1.21. The van der Waals surface area contributed by atoms with Crippen LogP contribution in [-0.4, -0.2) is 5.16 Å². The Bertz CT molecular complexity index is 389. The summed E-state index contributed by atoms with van der Waals surface area (Å²) in [5.41, 5.74) is 2.91. The third-order valence-corrected chi connectivity index (χ3v) is 1.96. The van der Waals surface area contributed by atoms with Crippen molar-refractivity contribution >= 4 is 11.6 Å². The first-order valence-electron chi connectivity index (χ1n) is 3.85. The molecule has 0 atom stereocenters. The van der Waals surface area contributed by atoms with Gasteiger partial charge >= 0.3 is 0 Å². The Labute approximate surface area is 81.1 Å². The number of hydrogen-bond acceptors (Lipinski definition) is 2. The van der Waals surface area contributed by atoms with Crippen LogP contribution >= 0.6 is 11.6 Å². The first kappa shape index (κ1) is 8.32. The molecule has 1 aromatic heterocycles. The molecule has 2 rings (SSSR count). The lowest BCUT2D eigenvalue weighted by Gasteiger charge is -1.99. The summed E-state index contributed by atoms with van der Waals surface area (Å²) >= 11 is 5.90. The van der Waals surface area contributed by atoms with Crippen LogP contribution in [0.1, 0.15) is 5.56 Å². The second-order valence-electron chi connectivity index (χ2n) is 2.86. The Kier molecular flexibility index (Phi) is 2.07. The van der Waals surface area contributed by atoms with E-state index < -0.39 is 0 Å². The van der Waals surface area contributed by atoms with E-state index in [-0.39, 0.29) is 0 Å². The Balaban J connectivity index is 2.53. The molecule has 0 spiro atoms. The monoisotopic (exact) mass is 192 g/mol. The number of aromatic nitrogens is 1. The Hall–Kier alpha value is -1.28. The van der Waals surface area contributed by atoms with Gasteiger partial charge in [-0.05, 0) is 30.2 Å². The van der Waals surface area contributed by atoms with Gasteiger partial charge in [0.25, 0.3) is 0 Å². The number of nitrogens with zero attached hydrogens (tertiary/aromatic N) is 1. The topological polar surface area (TPSA) is 26.0 Å². The minimum atomic E-state index is 0.713. The van der Waals surface area contributed by atoms with Gasteiger partial charge in [0, 0.05) is 5.02 Å². The lowest BCUT2D eigenvalue weighted by atomic mass is 10.1. The second-order valence-corrected chi connectivity index (χ2v) is 3.29. The van der Waals surface area contributed by atoms with Crippen LogP contribution in [0.3, 0.4) is 0 Å². The van der Waals surface area contributed by atoms with Crippen LogP contribution in [0.25, 0.3) is 11.1 Å². The van der Waals surface area contributed by atoms with Crippen molar-refractivity contribution in [1.29, 1.82) is 0 Å². The SMILES string of the molecule is Cc1cc(Cl)cc(-c2[c]noc2)c1. The molecule has 0 N–H and O–H groups in total. The van der Waals surface area contributed by atoms with Gasteiger partial charge in [0.1, 0.15) is 12.5 Å². The highest BCUT2D eigenvalue weighted by molar-refractivity contribution is 6.30. The average Bonchev–Trinajstić information content (AvgIpc) is 2.53. The zero-order valence-electron chi connectivity index (χ0n) is 7.04. The molecule has 1 heterocycles. The minimum Gasteiger partial charge on any atom is -0.363 e. The van der Waals surface area contributed by atoms with Gasteiger partial charge in [-0.15, -0.1) is 0 Å². The predicted molar refractivity (Wildman–Crippen MR) is 50.5 cm³/mol. The average molecular weight is 193 g/mol. The number of halogens is 1. The summed E-state index contributed by atoms with van der Waals surface area (Å²) in [6, 6.07) is 5.77. The van der Waals surface area contributed by atoms with Crippen molar-refractivity contribution in [3.05, 3.63) is 41.2 Å². The zero-order chi connectivity index (χ0) is 9.26. The summed E-state index contributed by atoms with van der Waals surface area (Å²) in [6.45, 7) is 1.99. The summed E-state index contributed by atoms with van der Waals surface area (Å²) in [5.74, 6) is 0. The molecule has 3 heteroatoms. The lowest BCUT2D eigenvalue weighted by molar-refractivity contribution is 0.418. The van der Waals surface area contributed by atoms with E-state index in [0.717, 1.165) is 16.7 Å². The van der Waals surface area contributed by atoms with Crippen LogP contribution in [0.4, 0.5) is 0 Å². The second kappa shape index (κ2) is 3.23. The molecule has 0 bridgehead atoms. The Morgan fingerprint density at radius 2 is 2.23 bits per heavy atom. The van der Waals surface area contributed by atoms with Crippen molar-refractivity contribution in [2.45, 2.75) is 6.92 Å². The number of aryl methyl sites for hydroxylation is 1. The number of hydrogen-bond donors (Lipinski definition) is 0. The molecule has 0 unspecified atom stereocenters. The van der Waals surface area contributed by atoms with Gasteiger partial charge in [-0.3, -0.25) is 0 Å². The van der Waals surface area contributed by atoms with Gasteiger partial charge in [-0.1, -0.05) is 22.8 Å². The molecule has 13 heavy (non-hydrogen) atoms. The maximum Gasteiger partial charge on any atom is 0.144 e. The van der Waals surface area contributed by atoms with Crippen molar-refractivity contribution in [2.24, 2.45) is 0 Å². The van der Waals surface area contributed by atoms with Gasteiger partial charge in [0.05, 0.1) is 5.56 Å². The van der Waals surface area contributed by atoms with Crippen LogP contribution in [0.15, 0.2) is 29.0 Å². The van der Waals surface area contributed by atoms with Gasteiger partial charge < -0.3 is 4.52 Å². The third-order valence-electron chi connectivity index (χ3n) is 1.74. The molecule has 65 valence electrons. The predicted octanol–water partition coefficient (Wildman–Crippen LogP) is 3.10. The molecule has 0 amide bonds. The fraction of sp³-hybridized carbons (Fsp3) is 0.100. The first-order chi connectivity index (χ1) is 6.25. The Morgan fingerprint density at radius 3 is 2.85 bits per heavy atom. The molecule has 0 fully saturated rings. The summed E-state index contributed by atoms with van der Waals surface area (Å²) in [6.07, 6.45) is 4.28. The standard InChI is InChI=1S/C10H7ClNO/c1-7-2-8(4-10(11)3-7)9-5-12-13-6-9/h2-4,6H,1H3. The summed E-state index contributed by atoms with van der Waals surface area (Å²) < 4.78 is 4.70. The van der Waals surface area contributed by atoms with Gasteiger partial charge in [-0.25, -0.2) is 0 Å². The van der Waals surface area contributed by atoms with E-state index in [0.29, 0.717) is 5.02 Å².